The second-order valence-electron chi connectivity index (χ2n) is 7.03. The molecule has 0 aromatic heterocycles. The number of nitrogens with two attached hydrogens (primary N) is 1. The van der Waals surface area contributed by atoms with E-state index in [-0.39, 0.29) is 5.54 Å². The van der Waals surface area contributed by atoms with Crippen LogP contribution in [0.2, 0.25) is 0 Å². The summed E-state index contributed by atoms with van der Waals surface area (Å²) in [5, 5.41) is 3.64. The van der Waals surface area contributed by atoms with Crippen molar-refractivity contribution < 1.29 is 0 Å². The molecule has 108 valence electrons. The summed E-state index contributed by atoms with van der Waals surface area (Å²) in [5.74, 6) is 2.31. The van der Waals surface area contributed by atoms with E-state index < -0.39 is 0 Å². The number of hydrogen-bond donors (Lipinski definition) is 2. The first-order chi connectivity index (χ1) is 8.44. The molecule has 1 fully saturated rings. The highest BCUT2D eigenvalue weighted by Crippen LogP contribution is 2.28. The van der Waals surface area contributed by atoms with Crippen molar-refractivity contribution in [2.24, 2.45) is 23.5 Å². The average molecular weight is 254 g/mol. The van der Waals surface area contributed by atoms with Gasteiger partial charge in [0.15, 0.2) is 0 Å². The maximum absolute atomic E-state index is 6.46. The van der Waals surface area contributed by atoms with Gasteiger partial charge in [0, 0.05) is 5.54 Å². The molecular weight excluding hydrogens is 220 g/mol. The van der Waals surface area contributed by atoms with Crippen LogP contribution in [0.4, 0.5) is 0 Å². The van der Waals surface area contributed by atoms with Crippen LogP contribution in [0.1, 0.15) is 66.2 Å². The Balaban J connectivity index is 2.20. The first-order valence-electron chi connectivity index (χ1n) is 7.94. The standard InChI is InChI=1S/C16H34N2/c1-13(2)15(14(3)4)12-18-11-10-16(17)8-6-5-7-9-16/h13-15,18H,5-12,17H2,1-4H3. The van der Waals surface area contributed by atoms with Crippen LogP contribution in [-0.2, 0) is 0 Å². The molecule has 0 saturated heterocycles. The van der Waals surface area contributed by atoms with Crippen molar-refractivity contribution in [3.05, 3.63) is 0 Å². The summed E-state index contributed by atoms with van der Waals surface area (Å²) < 4.78 is 0. The molecule has 0 aromatic rings. The van der Waals surface area contributed by atoms with Crippen LogP contribution in [0.3, 0.4) is 0 Å². The van der Waals surface area contributed by atoms with Crippen molar-refractivity contribution in [3.63, 3.8) is 0 Å². The largest absolute Gasteiger partial charge is 0.325 e. The fourth-order valence-electron chi connectivity index (χ4n) is 3.35. The lowest BCUT2D eigenvalue weighted by atomic mass is 9.80. The molecule has 1 saturated carbocycles. The lowest BCUT2D eigenvalue weighted by molar-refractivity contribution is 0.252. The zero-order chi connectivity index (χ0) is 13.6. The van der Waals surface area contributed by atoms with Crippen molar-refractivity contribution in [2.75, 3.05) is 13.1 Å². The quantitative estimate of drug-likeness (QED) is 0.682. The molecule has 1 aliphatic rings. The Labute approximate surface area is 114 Å². The maximum Gasteiger partial charge on any atom is 0.0166 e. The lowest BCUT2D eigenvalue weighted by Gasteiger charge is -2.34. The van der Waals surface area contributed by atoms with Crippen molar-refractivity contribution in [1.29, 1.82) is 0 Å². The molecule has 0 spiro atoms. The predicted molar refractivity (Wildman–Crippen MR) is 80.7 cm³/mol. The van der Waals surface area contributed by atoms with Crippen LogP contribution in [0.5, 0.6) is 0 Å². The van der Waals surface area contributed by atoms with Crippen LogP contribution in [0.15, 0.2) is 0 Å². The fourth-order valence-corrected chi connectivity index (χ4v) is 3.35. The van der Waals surface area contributed by atoms with Crippen LogP contribution in [0, 0.1) is 17.8 Å². The van der Waals surface area contributed by atoms with Gasteiger partial charge in [-0.25, -0.2) is 0 Å². The normalized spacial score (nSPS) is 20.0. The smallest absolute Gasteiger partial charge is 0.0166 e. The Bertz CT molecular complexity index is 209. The summed E-state index contributed by atoms with van der Waals surface area (Å²) in [5.41, 5.74) is 6.59. The Kier molecular flexibility index (Phi) is 6.65. The molecule has 3 N–H and O–H groups in total. The zero-order valence-electron chi connectivity index (χ0n) is 13.0. The molecule has 0 radical (unpaired) electrons. The number of nitrogens with one attached hydrogen (secondary N) is 1. The van der Waals surface area contributed by atoms with E-state index in [1.54, 1.807) is 0 Å². The molecule has 0 aliphatic heterocycles. The van der Waals surface area contributed by atoms with Gasteiger partial charge in [0.05, 0.1) is 0 Å². The molecule has 2 nitrogen and oxygen atoms in total. The highest BCUT2D eigenvalue weighted by Gasteiger charge is 2.26. The van der Waals surface area contributed by atoms with Gasteiger partial charge in [-0.3, -0.25) is 0 Å². The summed E-state index contributed by atoms with van der Waals surface area (Å²) in [6.07, 6.45) is 7.65. The van der Waals surface area contributed by atoms with E-state index in [4.69, 9.17) is 5.73 Å². The van der Waals surface area contributed by atoms with Crippen molar-refractivity contribution >= 4 is 0 Å². The first-order valence-corrected chi connectivity index (χ1v) is 7.94. The Morgan fingerprint density at radius 3 is 2.06 bits per heavy atom. The van der Waals surface area contributed by atoms with Crippen LogP contribution in [-0.4, -0.2) is 18.6 Å². The van der Waals surface area contributed by atoms with Gasteiger partial charge in [0.25, 0.3) is 0 Å². The number of hydrogen-bond acceptors (Lipinski definition) is 2. The summed E-state index contributed by atoms with van der Waals surface area (Å²) >= 11 is 0. The van der Waals surface area contributed by atoms with E-state index in [1.165, 1.54) is 32.1 Å². The molecule has 1 rings (SSSR count). The topological polar surface area (TPSA) is 38.0 Å². The van der Waals surface area contributed by atoms with E-state index in [1.807, 2.05) is 0 Å². The van der Waals surface area contributed by atoms with Gasteiger partial charge >= 0.3 is 0 Å². The summed E-state index contributed by atoms with van der Waals surface area (Å²) in [7, 11) is 0. The van der Waals surface area contributed by atoms with Crippen molar-refractivity contribution in [2.45, 2.75) is 71.8 Å². The van der Waals surface area contributed by atoms with Gasteiger partial charge in [-0.15, -0.1) is 0 Å². The minimum Gasteiger partial charge on any atom is -0.325 e. The Hall–Kier alpha value is -0.0800. The summed E-state index contributed by atoms with van der Waals surface area (Å²) in [4.78, 5) is 0. The van der Waals surface area contributed by atoms with Gasteiger partial charge in [-0.1, -0.05) is 47.0 Å². The van der Waals surface area contributed by atoms with Crippen LogP contribution >= 0.6 is 0 Å². The highest BCUT2D eigenvalue weighted by atomic mass is 14.9. The molecule has 0 bridgehead atoms. The fraction of sp³-hybridized carbons (Fsp3) is 1.00. The third-order valence-electron chi connectivity index (χ3n) is 4.74. The Morgan fingerprint density at radius 2 is 1.56 bits per heavy atom. The van der Waals surface area contributed by atoms with E-state index in [2.05, 4.69) is 33.0 Å². The second kappa shape index (κ2) is 7.49. The van der Waals surface area contributed by atoms with Crippen LogP contribution in [0.25, 0.3) is 0 Å². The van der Waals surface area contributed by atoms with Gasteiger partial charge in [0.2, 0.25) is 0 Å². The van der Waals surface area contributed by atoms with E-state index >= 15 is 0 Å². The predicted octanol–water partition coefficient (Wildman–Crippen LogP) is 3.56. The molecular formula is C16H34N2. The summed E-state index contributed by atoms with van der Waals surface area (Å²) in [6, 6.07) is 0. The van der Waals surface area contributed by atoms with Crippen LogP contribution < -0.4 is 11.1 Å². The molecule has 0 amide bonds. The number of rotatable bonds is 7. The van der Waals surface area contributed by atoms with E-state index in [0.29, 0.717) is 0 Å². The second-order valence-corrected chi connectivity index (χ2v) is 7.03. The Morgan fingerprint density at radius 1 is 1.00 bits per heavy atom. The third-order valence-corrected chi connectivity index (χ3v) is 4.74. The average Bonchev–Trinajstić information content (AvgIpc) is 2.28. The first kappa shape index (κ1) is 16.0. The molecule has 2 heteroatoms. The maximum atomic E-state index is 6.46. The van der Waals surface area contributed by atoms with Crippen molar-refractivity contribution in [3.8, 4) is 0 Å². The van der Waals surface area contributed by atoms with E-state index in [0.717, 1.165) is 37.3 Å². The minimum absolute atomic E-state index is 0.135. The van der Waals surface area contributed by atoms with Gasteiger partial charge in [-0.05, 0) is 50.1 Å². The van der Waals surface area contributed by atoms with Crippen molar-refractivity contribution in [1.82, 2.24) is 5.32 Å². The van der Waals surface area contributed by atoms with Gasteiger partial charge in [-0.2, -0.15) is 0 Å². The molecule has 18 heavy (non-hydrogen) atoms. The zero-order valence-corrected chi connectivity index (χ0v) is 13.0. The molecule has 0 unspecified atom stereocenters. The van der Waals surface area contributed by atoms with Gasteiger partial charge < -0.3 is 11.1 Å². The molecule has 0 aromatic carbocycles. The van der Waals surface area contributed by atoms with E-state index in [9.17, 15) is 0 Å². The van der Waals surface area contributed by atoms with Gasteiger partial charge in [0.1, 0.15) is 0 Å². The SMILES string of the molecule is CC(C)C(CNCCC1(N)CCCCC1)C(C)C. The molecule has 0 atom stereocenters. The lowest BCUT2D eigenvalue weighted by Crippen LogP contribution is -2.44. The minimum atomic E-state index is 0.135. The summed E-state index contributed by atoms with van der Waals surface area (Å²) in [6.45, 7) is 11.6. The third kappa shape index (κ3) is 5.27. The monoisotopic (exact) mass is 254 g/mol. The highest BCUT2D eigenvalue weighted by molar-refractivity contribution is 4.87. The molecule has 0 heterocycles. The molecule has 1 aliphatic carbocycles.